The first-order chi connectivity index (χ1) is 12.4. The first-order valence-corrected chi connectivity index (χ1v) is 9.50. The predicted molar refractivity (Wildman–Crippen MR) is 100 cm³/mol. The fraction of sp³-hybridized carbons (Fsp3) is 0.381. The van der Waals surface area contributed by atoms with Crippen molar-refractivity contribution in [3.05, 3.63) is 59.4 Å². The first kappa shape index (κ1) is 19.1. The number of carbonyl (C=O) groups is 1. The minimum Gasteiger partial charge on any atom is -0.378 e. The molecule has 0 N–H and O–H groups in total. The van der Waals surface area contributed by atoms with Crippen LogP contribution in [0.3, 0.4) is 0 Å². The lowest BCUT2D eigenvalue weighted by Gasteiger charge is -2.39. The van der Waals surface area contributed by atoms with E-state index in [-0.39, 0.29) is 17.7 Å². The van der Waals surface area contributed by atoms with Gasteiger partial charge >= 0.3 is 0 Å². The van der Waals surface area contributed by atoms with Crippen LogP contribution in [0.15, 0.2) is 52.3 Å². The van der Waals surface area contributed by atoms with Crippen LogP contribution >= 0.6 is 11.8 Å². The number of methoxy groups -OCH3 is 1. The van der Waals surface area contributed by atoms with Crippen molar-refractivity contribution in [3.63, 3.8) is 0 Å². The van der Waals surface area contributed by atoms with E-state index < -0.39 is 5.60 Å². The van der Waals surface area contributed by atoms with Gasteiger partial charge in [0.25, 0.3) is 0 Å². The first-order valence-electron chi connectivity index (χ1n) is 8.68. The van der Waals surface area contributed by atoms with Crippen molar-refractivity contribution in [2.75, 3.05) is 13.7 Å². The van der Waals surface area contributed by atoms with E-state index in [1.54, 1.807) is 32.2 Å². The molecule has 26 heavy (non-hydrogen) atoms. The monoisotopic (exact) mass is 374 g/mol. The Morgan fingerprint density at radius 2 is 1.96 bits per heavy atom. The average molecular weight is 374 g/mol. The van der Waals surface area contributed by atoms with E-state index in [0.29, 0.717) is 25.0 Å². The summed E-state index contributed by atoms with van der Waals surface area (Å²) < 4.78 is 25.8. The Balaban J connectivity index is 1.88. The molecule has 5 heteroatoms. The predicted octanol–water partition coefficient (Wildman–Crippen LogP) is 5.22. The fourth-order valence-electron chi connectivity index (χ4n) is 3.39. The number of carbonyl (C=O) groups excluding carboxylic acids is 1. The van der Waals surface area contributed by atoms with Crippen LogP contribution in [0, 0.1) is 5.82 Å². The molecule has 1 heterocycles. The van der Waals surface area contributed by atoms with E-state index in [0.717, 1.165) is 15.4 Å². The summed E-state index contributed by atoms with van der Waals surface area (Å²) in [5, 5.41) is 0. The maximum atomic E-state index is 14.3. The fourth-order valence-corrected chi connectivity index (χ4v) is 4.30. The summed E-state index contributed by atoms with van der Waals surface area (Å²) >= 11 is 1.47. The molecular weight excluding hydrogens is 351 g/mol. The molecule has 0 aromatic heterocycles. The molecule has 2 aromatic rings. The topological polar surface area (TPSA) is 35.5 Å². The Bertz CT molecular complexity index is 790. The molecule has 0 aliphatic carbocycles. The quantitative estimate of drug-likeness (QED) is 0.672. The summed E-state index contributed by atoms with van der Waals surface area (Å²) in [5.74, 6) is -0.244. The van der Waals surface area contributed by atoms with Gasteiger partial charge in [-0.15, -0.1) is 0 Å². The summed E-state index contributed by atoms with van der Waals surface area (Å²) in [7, 11) is 1.68. The van der Waals surface area contributed by atoms with E-state index in [9.17, 15) is 9.18 Å². The van der Waals surface area contributed by atoms with Gasteiger partial charge in [0, 0.05) is 35.3 Å². The number of Topliss-reactive ketones (excluding diaryl/α,β-unsaturated/α-hetero) is 1. The Labute approximate surface area is 157 Å². The molecule has 1 saturated heterocycles. The highest BCUT2D eigenvalue weighted by molar-refractivity contribution is 7.99. The number of ether oxygens (including phenoxy) is 2. The maximum absolute atomic E-state index is 14.3. The molecule has 3 rings (SSSR count). The van der Waals surface area contributed by atoms with Gasteiger partial charge in [0.05, 0.1) is 18.3 Å². The summed E-state index contributed by atoms with van der Waals surface area (Å²) in [6.07, 6.45) is 1.47. The van der Waals surface area contributed by atoms with E-state index in [4.69, 9.17) is 9.47 Å². The molecule has 2 unspecified atom stereocenters. The molecular formula is C21H23FO3S. The van der Waals surface area contributed by atoms with Gasteiger partial charge in [0.1, 0.15) is 5.82 Å². The van der Waals surface area contributed by atoms with Crippen molar-refractivity contribution in [1.29, 1.82) is 0 Å². The largest absolute Gasteiger partial charge is 0.378 e. The summed E-state index contributed by atoms with van der Waals surface area (Å²) in [6.45, 7) is 4.15. The summed E-state index contributed by atoms with van der Waals surface area (Å²) in [6, 6.07) is 12.4. The second kappa shape index (κ2) is 7.91. The second-order valence-electron chi connectivity index (χ2n) is 6.69. The molecule has 0 amide bonds. The zero-order valence-electron chi connectivity index (χ0n) is 15.3. The number of hydrogen-bond acceptors (Lipinski definition) is 4. The van der Waals surface area contributed by atoms with Crippen molar-refractivity contribution in [2.45, 2.75) is 48.2 Å². The van der Waals surface area contributed by atoms with Gasteiger partial charge in [0.15, 0.2) is 5.78 Å². The molecule has 0 saturated carbocycles. The van der Waals surface area contributed by atoms with Crippen LogP contribution in [0.5, 0.6) is 0 Å². The van der Waals surface area contributed by atoms with Gasteiger partial charge in [0.2, 0.25) is 0 Å². The Morgan fingerprint density at radius 3 is 2.58 bits per heavy atom. The Hall–Kier alpha value is -1.69. The van der Waals surface area contributed by atoms with E-state index in [1.807, 2.05) is 25.1 Å². The van der Waals surface area contributed by atoms with Crippen molar-refractivity contribution >= 4 is 17.5 Å². The molecule has 0 spiro atoms. The van der Waals surface area contributed by atoms with Crippen LogP contribution < -0.4 is 0 Å². The number of rotatable bonds is 5. The minimum absolute atomic E-state index is 0.0327. The second-order valence-corrected chi connectivity index (χ2v) is 7.84. The zero-order valence-corrected chi connectivity index (χ0v) is 16.1. The van der Waals surface area contributed by atoms with Gasteiger partial charge in [-0.05, 0) is 49.7 Å². The molecule has 2 aromatic carbocycles. The highest BCUT2D eigenvalue weighted by Crippen LogP contribution is 2.40. The van der Waals surface area contributed by atoms with Gasteiger partial charge in [-0.2, -0.15) is 0 Å². The van der Waals surface area contributed by atoms with E-state index in [1.165, 1.54) is 17.8 Å². The molecule has 0 radical (unpaired) electrons. The molecule has 2 atom stereocenters. The van der Waals surface area contributed by atoms with Gasteiger partial charge in [-0.3, -0.25) is 4.79 Å². The molecule has 0 bridgehead atoms. The lowest BCUT2D eigenvalue weighted by atomic mass is 9.83. The standard InChI is InChI=1S/C21H23FO3S/c1-14-13-21(24-3,8-9-25-14)17-10-18(22)12-20(11-17)26-19-6-4-16(5-7-19)15(2)23/h4-7,10-12,14H,8-9,13H2,1-3H3. The molecule has 138 valence electrons. The van der Waals surface area contributed by atoms with Gasteiger partial charge < -0.3 is 9.47 Å². The van der Waals surface area contributed by atoms with Crippen molar-refractivity contribution in [1.82, 2.24) is 0 Å². The average Bonchev–Trinajstić information content (AvgIpc) is 2.61. The molecule has 3 nitrogen and oxygen atoms in total. The van der Waals surface area contributed by atoms with Crippen LogP contribution in [-0.4, -0.2) is 25.6 Å². The zero-order chi connectivity index (χ0) is 18.7. The highest BCUT2D eigenvalue weighted by atomic mass is 32.2. The molecule has 1 aliphatic heterocycles. The van der Waals surface area contributed by atoms with Crippen LogP contribution in [0.25, 0.3) is 0 Å². The highest BCUT2D eigenvalue weighted by Gasteiger charge is 2.38. The third kappa shape index (κ3) is 4.17. The smallest absolute Gasteiger partial charge is 0.159 e. The number of hydrogen-bond donors (Lipinski definition) is 0. The van der Waals surface area contributed by atoms with E-state index in [2.05, 4.69) is 0 Å². The Kier molecular flexibility index (Phi) is 5.80. The van der Waals surface area contributed by atoms with Crippen molar-refractivity contribution in [3.8, 4) is 0 Å². The summed E-state index contributed by atoms with van der Waals surface area (Å²) in [4.78, 5) is 13.2. The number of benzene rings is 2. The SMILES string of the molecule is COC1(c2cc(F)cc(Sc3ccc(C(C)=O)cc3)c2)CCOC(C)C1. The van der Waals surface area contributed by atoms with Crippen molar-refractivity contribution < 1.29 is 18.7 Å². The summed E-state index contributed by atoms with van der Waals surface area (Å²) in [5.41, 5.74) is 0.995. The van der Waals surface area contributed by atoms with Crippen LogP contribution in [0.1, 0.15) is 42.6 Å². The number of halogens is 1. The van der Waals surface area contributed by atoms with Gasteiger partial charge in [-0.25, -0.2) is 4.39 Å². The van der Waals surface area contributed by atoms with Crippen LogP contribution in [0.2, 0.25) is 0 Å². The number of ketones is 1. The van der Waals surface area contributed by atoms with E-state index >= 15 is 0 Å². The van der Waals surface area contributed by atoms with Crippen molar-refractivity contribution in [2.24, 2.45) is 0 Å². The molecule has 1 aliphatic rings. The normalized spacial score (nSPS) is 23.0. The lowest BCUT2D eigenvalue weighted by Crippen LogP contribution is -2.39. The van der Waals surface area contributed by atoms with Gasteiger partial charge in [-0.1, -0.05) is 23.9 Å². The lowest BCUT2D eigenvalue weighted by molar-refractivity contribution is -0.122. The maximum Gasteiger partial charge on any atom is 0.159 e. The molecule has 1 fully saturated rings. The Morgan fingerprint density at radius 1 is 1.23 bits per heavy atom. The third-order valence-corrected chi connectivity index (χ3v) is 5.79. The minimum atomic E-state index is -0.520. The van der Waals surface area contributed by atoms with Crippen LogP contribution in [0.4, 0.5) is 4.39 Å². The van der Waals surface area contributed by atoms with Crippen LogP contribution in [-0.2, 0) is 15.1 Å². The third-order valence-electron chi connectivity index (χ3n) is 4.81.